The van der Waals surface area contributed by atoms with Crippen LogP contribution in [0.25, 0.3) is 0 Å². The van der Waals surface area contributed by atoms with Gasteiger partial charge in [0, 0.05) is 31.4 Å². The number of carbonyl (C=O) groups is 2. The second-order valence-corrected chi connectivity index (χ2v) is 10.1. The number of hydrogen-bond donors (Lipinski definition) is 2. The van der Waals surface area contributed by atoms with Gasteiger partial charge in [0.25, 0.3) is 5.91 Å². The molecule has 192 valence electrons. The van der Waals surface area contributed by atoms with Gasteiger partial charge in [0.1, 0.15) is 5.82 Å². The Labute approximate surface area is 210 Å². The van der Waals surface area contributed by atoms with E-state index in [1.54, 1.807) is 12.3 Å². The number of nitrogens with two attached hydrogens (primary N) is 1. The van der Waals surface area contributed by atoms with Crippen molar-refractivity contribution in [3.63, 3.8) is 0 Å². The Morgan fingerprint density at radius 1 is 1.22 bits per heavy atom. The van der Waals surface area contributed by atoms with Crippen molar-refractivity contribution < 1.29 is 22.8 Å². The van der Waals surface area contributed by atoms with E-state index in [-0.39, 0.29) is 42.4 Å². The Morgan fingerprint density at radius 2 is 2.05 bits per heavy atom. The number of benzene rings is 1. The van der Waals surface area contributed by atoms with Crippen molar-refractivity contribution in [1.82, 2.24) is 25.0 Å². The fraction of sp³-hybridized carbons (Fsp3) is 0.385. The van der Waals surface area contributed by atoms with Gasteiger partial charge in [0.05, 0.1) is 29.9 Å². The fourth-order valence-corrected chi connectivity index (χ4v) is 5.54. The Kier molecular flexibility index (Phi) is 5.46. The van der Waals surface area contributed by atoms with Crippen molar-refractivity contribution in [2.24, 2.45) is 11.8 Å². The van der Waals surface area contributed by atoms with Crippen molar-refractivity contribution in [1.29, 1.82) is 0 Å². The molecule has 2 aromatic heterocycles. The highest BCUT2D eigenvalue weighted by molar-refractivity contribution is 5.94. The van der Waals surface area contributed by atoms with Crippen molar-refractivity contribution >= 4 is 17.6 Å². The molecule has 37 heavy (non-hydrogen) atoms. The molecule has 3 aliphatic rings. The van der Waals surface area contributed by atoms with Crippen LogP contribution in [0.15, 0.2) is 42.9 Å². The van der Waals surface area contributed by atoms with E-state index < -0.39 is 11.7 Å². The number of piperidine rings is 1. The summed E-state index contributed by atoms with van der Waals surface area (Å²) in [6, 6.07) is 5.81. The quantitative estimate of drug-likeness (QED) is 0.529. The molecule has 1 aliphatic heterocycles. The number of fused-ring (bicyclic) bond motifs is 2. The number of carbonyl (C=O) groups excluding carboxylic acids is 2. The normalized spacial score (nSPS) is 22.2. The third kappa shape index (κ3) is 4.42. The summed E-state index contributed by atoms with van der Waals surface area (Å²) in [5.41, 5.74) is 7.86. The molecule has 0 radical (unpaired) electrons. The van der Waals surface area contributed by atoms with Crippen LogP contribution in [0.2, 0.25) is 0 Å². The van der Waals surface area contributed by atoms with Crippen LogP contribution in [0.4, 0.5) is 19.0 Å². The number of amides is 2. The number of nitrogens with one attached hydrogen (secondary N) is 1. The minimum absolute atomic E-state index is 0.00150. The predicted molar refractivity (Wildman–Crippen MR) is 127 cm³/mol. The lowest BCUT2D eigenvalue weighted by molar-refractivity contribution is -0.139. The van der Waals surface area contributed by atoms with Gasteiger partial charge in [-0.1, -0.05) is 12.1 Å². The van der Waals surface area contributed by atoms with Crippen molar-refractivity contribution in [2.75, 3.05) is 12.3 Å². The number of likely N-dealkylation sites (tertiary alicyclic amines) is 1. The summed E-state index contributed by atoms with van der Waals surface area (Å²) in [6.07, 6.45) is 2.26. The van der Waals surface area contributed by atoms with Crippen LogP contribution < -0.4 is 11.1 Å². The lowest BCUT2D eigenvalue weighted by atomic mass is 10.0. The van der Waals surface area contributed by atoms with Crippen LogP contribution in [0, 0.1) is 11.8 Å². The van der Waals surface area contributed by atoms with Crippen LogP contribution in [-0.4, -0.2) is 38.0 Å². The molecule has 1 saturated carbocycles. The third-order valence-electron chi connectivity index (χ3n) is 7.58. The number of anilines is 1. The summed E-state index contributed by atoms with van der Waals surface area (Å²) < 4.78 is 43.0. The van der Waals surface area contributed by atoms with Crippen LogP contribution >= 0.6 is 0 Å². The topological polar surface area (TPSA) is 106 Å². The molecule has 3 N–H and O–H groups in total. The van der Waals surface area contributed by atoms with Gasteiger partial charge >= 0.3 is 6.18 Å². The minimum atomic E-state index is -4.55. The van der Waals surface area contributed by atoms with Gasteiger partial charge in [-0.25, -0.2) is 4.98 Å². The van der Waals surface area contributed by atoms with Crippen LogP contribution in [-0.2, 0) is 30.5 Å². The first-order valence-corrected chi connectivity index (χ1v) is 12.2. The zero-order valence-corrected chi connectivity index (χ0v) is 19.8. The van der Waals surface area contributed by atoms with Gasteiger partial charge in [0.15, 0.2) is 0 Å². The third-order valence-corrected chi connectivity index (χ3v) is 7.58. The number of hydrogen-bond acceptors (Lipinski definition) is 5. The summed E-state index contributed by atoms with van der Waals surface area (Å²) in [4.78, 5) is 30.7. The molecule has 6 rings (SSSR count). The summed E-state index contributed by atoms with van der Waals surface area (Å²) >= 11 is 0. The monoisotopic (exact) mass is 510 g/mol. The van der Waals surface area contributed by atoms with E-state index >= 15 is 0 Å². The molecule has 11 heteroatoms. The van der Waals surface area contributed by atoms with Gasteiger partial charge in [-0.15, -0.1) is 0 Å². The summed E-state index contributed by atoms with van der Waals surface area (Å²) in [5.74, 6) is 0.393. The van der Waals surface area contributed by atoms with Crippen molar-refractivity contribution in [3.05, 3.63) is 76.2 Å². The standard InChI is InChI=1S/C26H25F3N6O2/c27-26(28,29)21-7-14(1-2-15(21)11-34-12-16-8-20(16)25(34)37)10-35-13-17(9-32-35)24(36)33-22-4-3-19-18(22)5-6-31-23(19)30/h1-2,5-7,9,13,16,20,22H,3-4,8,10-12H2,(H2,30,31)(H,33,36)/t16-,20+,22?/m1/s1. The number of aromatic nitrogens is 3. The highest BCUT2D eigenvalue weighted by atomic mass is 19.4. The van der Waals surface area contributed by atoms with Gasteiger partial charge in [0.2, 0.25) is 5.91 Å². The van der Waals surface area contributed by atoms with E-state index in [9.17, 15) is 22.8 Å². The molecule has 2 amide bonds. The molecule has 3 aromatic rings. The second-order valence-electron chi connectivity index (χ2n) is 10.1. The molecule has 1 unspecified atom stereocenters. The number of halogens is 3. The number of rotatable bonds is 6. The van der Waals surface area contributed by atoms with E-state index in [4.69, 9.17) is 5.73 Å². The molecule has 2 fully saturated rings. The van der Waals surface area contributed by atoms with Crippen molar-refractivity contribution in [2.45, 2.75) is 44.6 Å². The molecule has 2 aliphatic carbocycles. The average Bonchev–Trinajstić information content (AvgIpc) is 3.13. The first-order valence-electron chi connectivity index (χ1n) is 12.2. The smallest absolute Gasteiger partial charge is 0.383 e. The second kappa shape index (κ2) is 8.60. The Hall–Kier alpha value is -3.89. The summed E-state index contributed by atoms with van der Waals surface area (Å²) in [7, 11) is 0. The maximum Gasteiger partial charge on any atom is 0.416 e. The molecule has 3 atom stereocenters. The Morgan fingerprint density at radius 3 is 2.81 bits per heavy atom. The molecule has 1 aromatic carbocycles. The highest BCUT2D eigenvalue weighted by Crippen LogP contribution is 2.46. The zero-order chi connectivity index (χ0) is 25.9. The molecule has 0 spiro atoms. The Balaban J connectivity index is 1.15. The van der Waals surface area contributed by atoms with Gasteiger partial charge < -0.3 is 16.0 Å². The van der Waals surface area contributed by atoms with E-state index in [1.807, 2.05) is 6.07 Å². The van der Waals surface area contributed by atoms with E-state index in [0.717, 1.165) is 30.0 Å². The molecular formula is C26H25F3N6O2. The molecular weight excluding hydrogens is 485 g/mol. The van der Waals surface area contributed by atoms with Gasteiger partial charge in [-0.2, -0.15) is 18.3 Å². The maximum absolute atomic E-state index is 13.9. The maximum atomic E-state index is 13.9. The summed E-state index contributed by atoms with van der Waals surface area (Å²) in [5, 5.41) is 7.16. The van der Waals surface area contributed by atoms with Crippen LogP contribution in [0.5, 0.6) is 0 Å². The number of pyridine rings is 1. The number of nitrogens with zero attached hydrogens (tertiary/aromatic N) is 4. The lowest BCUT2D eigenvalue weighted by Gasteiger charge is -2.21. The number of alkyl halides is 3. The first kappa shape index (κ1) is 23.5. The SMILES string of the molecule is Nc1nccc2c1CCC2NC(=O)c1cnn(Cc2ccc(CN3C[C@H]4C[C@@H]4C3=O)c(C(F)(F)F)c2)c1. The zero-order valence-electron chi connectivity index (χ0n) is 19.8. The van der Waals surface area contributed by atoms with E-state index in [2.05, 4.69) is 15.4 Å². The molecule has 1 saturated heterocycles. The predicted octanol–water partition coefficient (Wildman–Crippen LogP) is 3.32. The van der Waals surface area contributed by atoms with Crippen LogP contribution in [0.1, 0.15) is 57.1 Å². The molecule has 8 nitrogen and oxygen atoms in total. The Bertz CT molecular complexity index is 1400. The minimum Gasteiger partial charge on any atom is -0.383 e. The largest absolute Gasteiger partial charge is 0.416 e. The molecule has 0 bridgehead atoms. The average molecular weight is 511 g/mol. The van der Waals surface area contributed by atoms with E-state index in [0.29, 0.717) is 35.8 Å². The fourth-order valence-electron chi connectivity index (χ4n) is 5.54. The van der Waals surface area contributed by atoms with Crippen molar-refractivity contribution in [3.8, 4) is 0 Å². The molecule has 3 heterocycles. The van der Waals surface area contributed by atoms with Gasteiger partial charge in [-0.3, -0.25) is 14.3 Å². The van der Waals surface area contributed by atoms with Crippen LogP contribution in [0.3, 0.4) is 0 Å². The van der Waals surface area contributed by atoms with E-state index in [1.165, 1.54) is 28.0 Å². The first-order chi connectivity index (χ1) is 17.7. The lowest BCUT2D eigenvalue weighted by Crippen LogP contribution is -2.29. The number of nitrogen functional groups attached to an aromatic ring is 1. The summed E-state index contributed by atoms with van der Waals surface area (Å²) in [6.45, 7) is 0.550. The highest BCUT2D eigenvalue weighted by Gasteiger charge is 2.52. The van der Waals surface area contributed by atoms with Gasteiger partial charge in [-0.05, 0) is 59.6 Å².